The fourth-order valence-corrected chi connectivity index (χ4v) is 4.49. The van der Waals surface area contributed by atoms with Gasteiger partial charge in [0.25, 0.3) is 0 Å². The van der Waals surface area contributed by atoms with E-state index in [-0.39, 0.29) is 23.0 Å². The van der Waals surface area contributed by atoms with Crippen molar-refractivity contribution in [3.63, 3.8) is 0 Å². The Morgan fingerprint density at radius 2 is 2.16 bits per heavy atom. The van der Waals surface area contributed by atoms with Crippen LogP contribution in [0.4, 0.5) is 10.1 Å². The maximum atomic E-state index is 14.6. The predicted octanol–water partition coefficient (Wildman–Crippen LogP) is 1.44. The smallest absolute Gasteiger partial charge is 0.342 e. The van der Waals surface area contributed by atoms with Crippen LogP contribution in [0.25, 0.3) is 10.9 Å². The number of pyridine rings is 1. The molecule has 0 radical (unpaired) electrons. The van der Waals surface area contributed by atoms with E-state index in [4.69, 9.17) is 5.21 Å². The molecular weight excluding hydrogens is 351 g/mol. The molecule has 2 aromatic rings. The normalized spacial score (nSPS) is 20.0. The summed E-state index contributed by atoms with van der Waals surface area (Å²) in [6.07, 6.45) is 0. The van der Waals surface area contributed by atoms with E-state index in [1.54, 1.807) is 15.5 Å². The van der Waals surface area contributed by atoms with E-state index in [0.29, 0.717) is 29.3 Å². The number of nitrogens with one attached hydrogen (secondary N) is 1. The first-order valence-corrected chi connectivity index (χ1v) is 8.51. The number of halogens is 1. The van der Waals surface area contributed by atoms with Gasteiger partial charge in [-0.1, -0.05) is 11.8 Å². The molecule has 25 heavy (non-hydrogen) atoms. The van der Waals surface area contributed by atoms with Crippen LogP contribution in [0.1, 0.15) is 22.7 Å². The molecular formula is C15H15FN4O4S. The van der Waals surface area contributed by atoms with Gasteiger partial charge in [0.15, 0.2) is 0 Å². The van der Waals surface area contributed by atoms with E-state index in [0.717, 1.165) is 6.07 Å². The van der Waals surface area contributed by atoms with Crippen molar-refractivity contribution in [2.75, 3.05) is 24.7 Å². The summed E-state index contributed by atoms with van der Waals surface area (Å²) in [7, 11) is 0. The number of hydrogen-bond donors (Lipinski definition) is 3. The number of carboxylic acids is 1. The van der Waals surface area contributed by atoms with Crippen LogP contribution in [0.5, 0.6) is 0 Å². The number of benzene rings is 1. The van der Waals surface area contributed by atoms with Gasteiger partial charge in [-0.05, 0) is 19.1 Å². The minimum atomic E-state index is -1.30. The number of anilines is 1. The highest BCUT2D eigenvalue weighted by Crippen LogP contribution is 2.46. The second-order valence-electron chi connectivity index (χ2n) is 5.99. The Morgan fingerprint density at radius 3 is 2.76 bits per heavy atom. The zero-order chi connectivity index (χ0) is 17.9. The zero-order valence-electron chi connectivity index (χ0n) is 13.2. The van der Waals surface area contributed by atoms with E-state index < -0.39 is 17.2 Å². The van der Waals surface area contributed by atoms with Crippen LogP contribution in [0.3, 0.4) is 0 Å². The molecule has 1 saturated heterocycles. The lowest BCUT2D eigenvalue weighted by Gasteiger charge is -2.33. The number of thioether (sulfide) groups is 1. The number of fused-ring (bicyclic) bond motifs is 3. The maximum Gasteiger partial charge on any atom is 0.342 e. The Kier molecular flexibility index (Phi) is 3.72. The first kappa shape index (κ1) is 16.3. The van der Waals surface area contributed by atoms with Crippen LogP contribution in [-0.2, 0) is 0 Å². The molecule has 0 amide bonds. The molecule has 2 aliphatic rings. The van der Waals surface area contributed by atoms with E-state index >= 15 is 0 Å². The van der Waals surface area contributed by atoms with Crippen molar-refractivity contribution < 1.29 is 19.5 Å². The lowest BCUT2D eigenvalue weighted by molar-refractivity contribution is -0.00197. The van der Waals surface area contributed by atoms with Crippen molar-refractivity contribution in [1.29, 1.82) is 0 Å². The molecule has 1 atom stereocenters. The van der Waals surface area contributed by atoms with Crippen molar-refractivity contribution in [2.45, 2.75) is 17.3 Å². The largest absolute Gasteiger partial charge is 0.477 e. The fraction of sp³-hybridized carbons (Fsp3) is 0.333. The van der Waals surface area contributed by atoms with Gasteiger partial charge in [-0.15, -0.1) is 5.59 Å². The van der Waals surface area contributed by atoms with Crippen molar-refractivity contribution in [3.8, 4) is 0 Å². The summed E-state index contributed by atoms with van der Waals surface area (Å²) in [5.41, 5.74) is 1.89. The zero-order valence-corrected chi connectivity index (χ0v) is 14.0. The molecule has 0 saturated carbocycles. The SMILES string of the molecule is CC1Sc2c(C(=O)O)c(=O)c3cc(F)c(N4CCN(NO)C4)cc3n21. The van der Waals surface area contributed by atoms with Crippen molar-refractivity contribution in [2.24, 2.45) is 0 Å². The Bertz CT molecular complexity index is 963. The van der Waals surface area contributed by atoms with Gasteiger partial charge in [0, 0.05) is 18.5 Å². The number of hydrazine groups is 1. The summed E-state index contributed by atoms with van der Waals surface area (Å²) in [5.74, 6) is -1.90. The fourth-order valence-electron chi connectivity index (χ4n) is 3.33. The summed E-state index contributed by atoms with van der Waals surface area (Å²) in [4.78, 5) is 25.7. The molecule has 0 bridgehead atoms. The molecule has 4 rings (SSSR count). The third kappa shape index (κ3) is 2.33. The Morgan fingerprint density at radius 1 is 1.40 bits per heavy atom. The van der Waals surface area contributed by atoms with E-state index in [1.165, 1.54) is 16.8 Å². The highest BCUT2D eigenvalue weighted by Gasteiger charge is 2.33. The van der Waals surface area contributed by atoms with Crippen LogP contribution in [0.2, 0.25) is 0 Å². The molecule has 1 fully saturated rings. The summed E-state index contributed by atoms with van der Waals surface area (Å²) >= 11 is 1.31. The summed E-state index contributed by atoms with van der Waals surface area (Å²) in [5, 5.41) is 20.2. The third-order valence-corrected chi connectivity index (χ3v) is 5.73. The molecule has 1 unspecified atom stereocenters. The number of aromatic nitrogens is 1. The first-order valence-electron chi connectivity index (χ1n) is 7.63. The predicted molar refractivity (Wildman–Crippen MR) is 89.5 cm³/mol. The molecule has 0 spiro atoms. The Labute approximate surface area is 145 Å². The lowest BCUT2D eigenvalue weighted by atomic mass is 10.1. The molecule has 3 heterocycles. The van der Waals surface area contributed by atoms with Crippen LogP contribution in [0.15, 0.2) is 22.0 Å². The minimum Gasteiger partial charge on any atom is -0.477 e. The van der Waals surface area contributed by atoms with Gasteiger partial charge in [-0.25, -0.2) is 14.2 Å². The van der Waals surface area contributed by atoms with Gasteiger partial charge in [0.1, 0.15) is 11.4 Å². The van der Waals surface area contributed by atoms with Gasteiger partial charge in [0.05, 0.1) is 28.3 Å². The molecule has 1 aromatic carbocycles. The molecule has 132 valence electrons. The van der Waals surface area contributed by atoms with Crippen molar-refractivity contribution >= 4 is 34.3 Å². The van der Waals surface area contributed by atoms with Gasteiger partial charge in [0.2, 0.25) is 5.43 Å². The molecule has 8 nitrogen and oxygen atoms in total. The number of nitrogens with zero attached hydrogens (tertiary/aromatic N) is 3. The van der Waals surface area contributed by atoms with Crippen molar-refractivity contribution in [3.05, 3.63) is 33.7 Å². The molecule has 2 aliphatic heterocycles. The third-order valence-electron chi connectivity index (χ3n) is 4.55. The topological polar surface area (TPSA) is 98.0 Å². The Hall–Kier alpha value is -2.14. The molecule has 1 aromatic heterocycles. The average molecular weight is 366 g/mol. The van der Waals surface area contributed by atoms with Gasteiger partial charge in [-0.3, -0.25) is 4.79 Å². The summed E-state index contributed by atoms with van der Waals surface area (Å²) < 4.78 is 16.4. The second-order valence-corrected chi connectivity index (χ2v) is 7.30. The van der Waals surface area contributed by atoms with Gasteiger partial charge >= 0.3 is 5.97 Å². The number of carbonyl (C=O) groups is 1. The van der Waals surface area contributed by atoms with E-state index in [1.807, 2.05) is 12.5 Å². The highest BCUT2D eigenvalue weighted by atomic mass is 32.2. The molecule has 0 aliphatic carbocycles. The van der Waals surface area contributed by atoms with Crippen LogP contribution < -0.4 is 15.9 Å². The summed E-state index contributed by atoms with van der Waals surface area (Å²) in [6, 6.07) is 2.69. The first-order chi connectivity index (χ1) is 11.9. The average Bonchev–Trinajstić information content (AvgIpc) is 3.03. The van der Waals surface area contributed by atoms with Crippen molar-refractivity contribution in [1.82, 2.24) is 15.2 Å². The van der Waals surface area contributed by atoms with E-state index in [9.17, 15) is 19.1 Å². The minimum absolute atomic E-state index is 0.0382. The quantitative estimate of drug-likeness (QED) is 0.702. The Balaban J connectivity index is 1.93. The number of hydrogen-bond acceptors (Lipinski definition) is 7. The molecule has 10 heteroatoms. The van der Waals surface area contributed by atoms with Crippen LogP contribution in [0, 0.1) is 5.82 Å². The number of carboxylic acid groups (broad SMARTS) is 1. The standard InChI is InChI=1S/C15H15FN4O4S/c1-7-20-10-5-11(18-2-3-19(6-18)17-24)9(16)4-8(10)13(21)12(15(22)23)14(20)25-7/h4-5,7,17,24H,2-3,6H2,1H3,(H,22,23). The van der Waals surface area contributed by atoms with E-state index in [2.05, 4.69) is 0 Å². The molecule has 3 N–H and O–H groups in total. The lowest BCUT2D eigenvalue weighted by Crippen LogP contribution is -2.35. The monoisotopic (exact) mass is 366 g/mol. The second kappa shape index (κ2) is 5.70. The van der Waals surface area contributed by atoms with Crippen LogP contribution in [-0.4, -0.2) is 45.6 Å². The van der Waals surface area contributed by atoms with Gasteiger partial charge < -0.3 is 19.8 Å². The number of rotatable bonds is 3. The summed E-state index contributed by atoms with van der Waals surface area (Å²) in [6.45, 7) is 3.19. The maximum absolute atomic E-state index is 14.6. The van der Waals surface area contributed by atoms with Crippen LogP contribution >= 0.6 is 11.8 Å². The number of aromatic carboxylic acids is 1. The highest BCUT2D eigenvalue weighted by molar-refractivity contribution is 8.00. The van der Waals surface area contributed by atoms with Gasteiger partial charge in [-0.2, -0.15) is 0 Å².